The molecule has 0 aliphatic carbocycles. The van der Waals surface area contributed by atoms with Gasteiger partial charge in [0.15, 0.2) is 0 Å². The van der Waals surface area contributed by atoms with Crippen LogP contribution in [0.3, 0.4) is 0 Å². The molecule has 0 unspecified atom stereocenters. The number of nitriles is 1. The Bertz CT molecular complexity index is 672. The van der Waals surface area contributed by atoms with Crippen LogP contribution >= 0.6 is 0 Å². The Morgan fingerprint density at radius 3 is 2.20 bits per heavy atom. The number of amides is 1. The van der Waals surface area contributed by atoms with E-state index in [1.54, 1.807) is 19.1 Å². The fourth-order valence-corrected chi connectivity index (χ4v) is 5.25. The highest BCUT2D eigenvalue weighted by Crippen LogP contribution is 2.17. The highest BCUT2D eigenvalue weighted by molar-refractivity contribution is 6.75. The van der Waals surface area contributed by atoms with E-state index in [2.05, 4.69) is 10.2 Å². The van der Waals surface area contributed by atoms with E-state index in [1.807, 2.05) is 18.2 Å². The first-order chi connectivity index (χ1) is 12.2. The van der Waals surface area contributed by atoms with Gasteiger partial charge in [0.1, 0.15) is 11.6 Å². The molecule has 3 aliphatic rings. The highest BCUT2D eigenvalue weighted by atomic mass is 28.4. The number of hydrogen-bond donors (Lipinski definition) is 1. The molecule has 1 aromatic rings. The molecule has 3 fully saturated rings. The van der Waals surface area contributed by atoms with E-state index in [0.717, 1.165) is 24.8 Å². The maximum atomic E-state index is 11.9. The molecule has 2 bridgehead atoms. The van der Waals surface area contributed by atoms with Crippen LogP contribution in [0.2, 0.25) is 0 Å². The van der Waals surface area contributed by atoms with Crippen molar-refractivity contribution in [3.63, 3.8) is 0 Å². The summed E-state index contributed by atoms with van der Waals surface area (Å²) in [5.74, 6) is -0.422. The molecule has 1 aromatic carbocycles. The molecule has 0 aromatic heterocycles. The zero-order chi connectivity index (χ0) is 17.7. The molecule has 1 amide bonds. The van der Waals surface area contributed by atoms with E-state index in [0.29, 0.717) is 25.5 Å². The van der Waals surface area contributed by atoms with Gasteiger partial charge in [-0.1, -0.05) is 18.2 Å². The molecule has 4 rings (SSSR count). The second-order valence-corrected chi connectivity index (χ2v) is 8.34. The Labute approximate surface area is 148 Å². The summed E-state index contributed by atoms with van der Waals surface area (Å²) in [5.41, 5.74) is 0.688. The maximum absolute atomic E-state index is 11.9. The van der Waals surface area contributed by atoms with Crippen LogP contribution in [0, 0.1) is 11.3 Å². The average molecular weight is 359 g/mol. The number of nitrogens with zero attached hydrogens (tertiary/aromatic N) is 2. The van der Waals surface area contributed by atoms with Crippen molar-refractivity contribution in [2.75, 3.05) is 44.8 Å². The van der Waals surface area contributed by atoms with Crippen molar-refractivity contribution in [3.8, 4) is 6.07 Å². The van der Waals surface area contributed by atoms with E-state index >= 15 is 0 Å². The lowest BCUT2D eigenvalue weighted by Gasteiger charge is -2.38. The third-order valence-corrected chi connectivity index (χ3v) is 7.04. The van der Waals surface area contributed by atoms with Crippen LogP contribution in [0.4, 0.5) is 5.69 Å². The molecule has 3 aliphatic heterocycles. The molecule has 0 saturated carbocycles. The summed E-state index contributed by atoms with van der Waals surface area (Å²) in [6, 6.07) is 9.15. The number of anilines is 1. The van der Waals surface area contributed by atoms with E-state index in [1.165, 1.54) is 6.08 Å². The summed E-state index contributed by atoms with van der Waals surface area (Å²) >= 11 is 0. The average Bonchev–Trinajstić information content (AvgIpc) is 2.55. The molecule has 25 heavy (non-hydrogen) atoms. The van der Waals surface area contributed by atoms with E-state index in [-0.39, 0.29) is 5.57 Å². The van der Waals surface area contributed by atoms with Gasteiger partial charge in [0.2, 0.25) is 0 Å². The Morgan fingerprint density at radius 2 is 1.72 bits per heavy atom. The van der Waals surface area contributed by atoms with Crippen LogP contribution in [-0.4, -0.2) is 59.1 Å². The molecule has 132 valence electrons. The van der Waals surface area contributed by atoms with Crippen molar-refractivity contribution in [2.45, 2.75) is 6.92 Å². The number of nitrogens with one attached hydrogen (secondary N) is 1. The molecular weight excluding hydrogens is 338 g/mol. The lowest BCUT2D eigenvalue weighted by molar-refractivity contribution is -0.112. The summed E-state index contributed by atoms with van der Waals surface area (Å²) in [4.78, 5) is 14.2. The zero-order valence-corrected chi connectivity index (χ0v) is 15.2. The fourth-order valence-electron chi connectivity index (χ4n) is 2.84. The van der Waals surface area contributed by atoms with E-state index in [4.69, 9.17) is 18.5 Å². The SMILES string of the molecule is C/C=C(\C#N)C(=O)Nc1ccc([Si]23OCCN(CCO2)CCO3)cc1. The minimum Gasteiger partial charge on any atom is -0.369 e. The van der Waals surface area contributed by atoms with Gasteiger partial charge >= 0.3 is 8.80 Å². The number of allylic oxidation sites excluding steroid dienone is 1. The molecule has 1 N–H and O–H groups in total. The van der Waals surface area contributed by atoms with Gasteiger partial charge in [-0.05, 0) is 19.1 Å². The molecule has 7 nitrogen and oxygen atoms in total. The maximum Gasteiger partial charge on any atom is 0.537 e. The number of carbonyl (C=O) groups is 1. The molecule has 0 atom stereocenters. The number of rotatable bonds is 3. The monoisotopic (exact) mass is 359 g/mol. The van der Waals surface area contributed by atoms with Crippen LogP contribution in [0.15, 0.2) is 35.9 Å². The summed E-state index contributed by atoms with van der Waals surface area (Å²) in [7, 11) is -2.90. The van der Waals surface area contributed by atoms with Crippen LogP contribution in [0.5, 0.6) is 0 Å². The molecule has 3 heterocycles. The Morgan fingerprint density at radius 1 is 1.16 bits per heavy atom. The van der Waals surface area contributed by atoms with Crippen molar-refractivity contribution in [2.24, 2.45) is 0 Å². The van der Waals surface area contributed by atoms with Crippen molar-refractivity contribution >= 4 is 25.6 Å². The van der Waals surface area contributed by atoms with Gasteiger partial charge in [-0.3, -0.25) is 9.69 Å². The first-order valence-electron chi connectivity index (χ1n) is 8.29. The van der Waals surface area contributed by atoms with Crippen molar-refractivity contribution in [3.05, 3.63) is 35.9 Å². The fraction of sp³-hybridized carbons (Fsp3) is 0.412. The lowest BCUT2D eigenvalue weighted by atomic mass is 10.2. The van der Waals surface area contributed by atoms with Gasteiger partial charge in [0, 0.05) is 30.5 Å². The minimum atomic E-state index is -2.90. The number of carbonyl (C=O) groups excluding carboxylic acids is 1. The third kappa shape index (κ3) is 3.97. The molecular formula is C17H21N3O4Si. The molecule has 8 heteroatoms. The van der Waals surface area contributed by atoms with Gasteiger partial charge in [-0.15, -0.1) is 0 Å². The summed E-state index contributed by atoms with van der Waals surface area (Å²) < 4.78 is 18.1. The Kier molecular flexibility index (Phi) is 5.62. The summed E-state index contributed by atoms with van der Waals surface area (Å²) in [5, 5.41) is 12.5. The predicted molar refractivity (Wildman–Crippen MR) is 94.1 cm³/mol. The third-order valence-electron chi connectivity index (χ3n) is 4.25. The Balaban J connectivity index is 1.76. The quantitative estimate of drug-likeness (QED) is 0.484. The summed E-state index contributed by atoms with van der Waals surface area (Å²) in [6.45, 7) is 6.05. The van der Waals surface area contributed by atoms with Crippen LogP contribution < -0.4 is 10.5 Å². The topological polar surface area (TPSA) is 83.8 Å². The van der Waals surface area contributed by atoms with Gasteiger partial charge in [0.05, 0.1) is 19.8 Å². The summed E-state index contributed by atoms with van der Waals surface area (Å²) in [6.07, 6.45) is 1.48. The zero-order valence-electron chi connectivity index (χ0n) is 14.2. The highest BCUT2D eigenvalue weighted by Gasteiger charge is 2.46. The van der Waals surface area contributed by atoms with Crippen LogP contribution in [0.1, 0.15) is 6.92 Å². The second kappa shape index (κ2) is 7.90. The standard InChI is InChI=1S/C17H21N3O4Si/c1-2-14(13-18)17(21)19-15-3-5-16(6-4-15)25-22-10-7-20(8-11-23-25)9-12-24-25/h2-6H,7-12H2,1H3,(H,19,21)/b14-2+. The van der Waals surface area contributed by atoms with Crippen molar-refractivity contribution < 1.29 is 18.1 Å². The molecule has 0 radical (unpaired) electrons. The lowest BCUT2D eigenvalue weighted by Crippen LogP contribution is -2.62. The first kappa shape index (κ1) is 17.8. The van der Waals surface area contributed by atoms with Crippen molar-refractivity contribution in [1.82, 2.24) is 4.90 Å². The van der Waals surface area contributed by atoms with Gasteiger partial charge in [-0.25, -0.2) is 0 Å². The first-order valence-corrected chi connectivity index (χ1v) is 10.0. The smallest absolute Gasteiger partial charge is 0.369 e. The van der Waals surface area contributed by atoms with E-state index < -0.39 is 14.7 Å². The van der Waals surface area contributed by atoms with Crippen LogP contribution in [-0.2, 0) is 18.1 Å². The van der Waals surface area contributed by atoms with Gasteiger partial charge < -0.3 is 18.6 Å². The van der Waals surface area contributed by atoms with Crippen molar-refractivity contribution in [1.29, 1.82) is 5.26 Å². The second-order valence-electron chi connectivity index (χ2n) is 5.79. The van der Waals surface area contributed by atoms with Crippen LogP contribution in [0.25, 0.3) is 0 Å². The predicted octanol–water partition coefficient (Wildman–Crippen LogP) is 0.620. The van der Waals surface area contributed by atoms with Gasteiger partial charge in [0.25, 0.3) is 5.91 Å². The largest absolute Gasteiger partial charge is 0.537 e. The number of fused-ring (bicyclic) bond motifs is 6. The molecule has 3 saturated heterocycles. The van der Waals surface area contributed by atoms with E-state index in [9.17, 15) is 4.79 Å². The number of benzene rings is 1. The normalized spacial score (nSPS) is 26.9. The molecule has 0 spiro atoms. The van der Waals surface area contributed by atoms with Gasteiger partial charge in [-0.2, -0.15) is 5.26 Å². The minimum absolute atomic E-state index is 0.0802. The number of hydrogen-bond acceptors (Lipinski definition) is 6. The Hall–Kier alpha value is -2.02.